The number of rotatable bonds is 4. The van der Waals surface area contributed by atoms with E-state index in [9.17, 15) is 4.79 Å². The zero-order valence-electron chi connectivity index (χ0n) is 16.4. The number of benzene rings is 2. The second kappa shape index (κ2) is 8.74. The Kier molecular flexibility index (Phi) is 6.09. The molecule has 2 aromatic rings. The van der Waals surface area contributed by atoms with Crippen molar-refractivity contribution < 1.29 is 4.79 Å². The Bertz CT molecular complexity index is 923. The highest BCUT2D eigenvalue weighted by molar-refractivity contribution is 6.40. The van der Waals surface area contributed by atoms with Crippen LogP contribution in [0.15, 0.2) is 47.6 Å². The molecule has 0 aliphatic carbocycles. The lowest BCUT2D eigenvalue weighted by molar-refractivity contribution is -0.119. The molecule has 7 heteroatoms. The molecule has 0 aromatic heterocycles. The SMILES string of the molecule is Cc1ccc(N2N=C(C(=O)NN3CCCCC3)CC2c2ccc(Cl)cc2)c(Cl)c1. The van der Waals surface area contributed by atoms with E-state index in [4.69, 9.17) is 23.2 Å². The third-order valence-electron chi connectivity index (χ3n) is 5.39. The molecule has 1 fully saturated rings. The standard InChI is InChI=1S/C22H24Cl2N4O/c1-15-5-10-20(18(24)13-15)28-21(16-6-8-17(23)9-7-16)14-19(25-28)22(29)26-27-11-3-2-4-12-27/h5-10,13,21H,2-4,11-12,14H2,1H3,(H,26,29). The second-order valence-corrected chi connectivity index (χ2v) is 8.45. The maximum absolute atomic E-state index is 12.9. The molecular weight excluding hydrogens is 407 g/mol. The van der Waals surface area contributed by atoms with E-state index in [1.165, 1.54) is 6.42 Å². The average molecular weight is 431 g/mol. The van der Waals surface area contributed by atoms with Gasteiger partial charge in [0.25, 0.3) is 5.91 Å². The van der Waals surface area contributed by atoms with Gasteiger partial charge in [-0.2, -0.15) is 5.10 Å². The van der Waals surface area contributed by atoms with Crippen LogP contribution in [0.4, 0.5) is 5.69 Å². The number of nitrogens with zero attached hydrogens (tertiary/aromatic N) is 3. The molecule has 5 nitrogen and oxygen atoms in total. The minimum atomic E-state index is -0.142. The monoisotopic (exact) mass is 430 g/mol. The third kappa shape index (κ3) is 4.58. The van der Waals surface area contributed by atoms with E-state index in [2.05, 4.69) is 10.5 Å². The summed E-state index contributed by atoms with van der Waals surface area (Å²) in [7, 11) is 0. The van der Waals surface area contributed by atoms with Gasteiger partial charge in [0.15, 0.2) is 0 Å². The number of amides is 1. The van der Waals surface area contributed by atoms with E-state index in [-0.39, 0.29) is 11.9 Å². The van der Waals surface area contributed by atoms with Gasteiger partial charge in [-0.05, 0) is 55.2 Å². The van der Waals surface area contributed by atoms with Crippen molar-refractivity contribution >= 4 is 40.5 Å². The first-order chi connectivity index (χ1) is 14.0. The summed E-state index contributed by atoms with van der Waals surface area (Å²) in [5.74, 6) is -0.142. The van der Waals surface area contributed by atoms with Crippen LogP contribution in [0.2, 0.25) is 10.0 Å². The molecule has 2 aliphatic rings. The molecule has 0 bridgehead atoms. The van der Waals surface area contributed by atoms with Crippen molar-refractivity contribution in [3.63, 3.8) is 0 Å². The largest absolute Gasteiger partial charge is 0.284 e. The number of hydrogen-bond donors (Lipinski definition) is 1. The van der Waals surface area contributed by atoms with Gasteiger partial charge in [0, 0.05) is 24.5 Å². The lowest BCUT2D eigenvalue weighted by atomic mass is 10.0. The van der Waals surface area contributed by atoms with Gasteiger partial charge in [-0.1, -0.05) is 47.8 Å². The Hall–Kier alpha value is -2.08. The van der Waals surface area contributed by atoms with Gasteiger partial charge in [0.2, 0.25) is 0 Å². The topological polar surface area (TPSA) is 47.9 Å². The summed E-state index contributed by atoms with van der Waals surface area (Å²) in [6.07, 6.45) is 3.92. The predicted octanol–water partition coefficient (Wildman–Crippen LogP) is 5.13. The molecule has 0 saturated carbocycles. The van der Waals surface area contributed by atoms with Gasteiger partial charge in [0.1, 0.15) is 5.71 Å². The fraction of sp³-hybridized carbons (Fsp3) is 0.364. The number of aryl methyl sites for hydroxylation is 1. The van der Waals surface area contributed by atoms with Gasteiger partial charge < -0.3 is 0 Å². The predicted molar refractivity (Wildman–Crippen MR) is 118 cm³/mol. The number of nitrogens with one attached hydrogen (secondary N) is 1. The first-order valence-electron chi connectivity index (χ1n) is 9.95. The first kappa shape index (κ1) is 20.2. The van der Waals surface area contributed by atoms with E-state index in [1.54, 1.807) is 0 Å². The normalized spacial score (nSPS) is 19.9. The van der Waals surface area contributed by atoms with Crippen LogP contribution in [-0.4, -0.2) is 29.7 Å². The van der Waals surface area contributed by atoms with Gasteiger partial charge in [-0.15, -0.1) is 0 Å². The van der Waals surface area contributed by atoms with E-state index in [0.717, 1.165) is 42.7 Å². The molecule has 1 saturated heterocycles. The fourth-order valence-electron chi connectivity index (χ4n) is 3.83. The highest BCUT2D eigenvalue weighted by atomic mass is 35.5. The molecule has 2 aliphatic heterocycles. The Morgan fingerprint density at radius 2 is 1.79 bits per heavy atom. The molecule has 1 unspecified atom stereocenters. The number of hydrazine groups is 1. The Balaban J connectivity index is 1.62. The van der Waals surface area contributed by atoms with E-state index >= 15 is 0 Å². The summed E-state index contributed by atoms with van der Waals surface area (Å²) < 4.78 is 0. The van der Waals surface area contributed by atoms with Crippen LogP contribution < -0.4 is 10.4 Å². The second-order valence-electron chi connectivity index (χ2n) is 7.61. The van der Waals surface area contributed by atoms with Crippen LogP contribution >= 0.6 is 23.2 Å². The van der Waals surface area contributed by atoms with Crippen molar-refractivity contribution in [1.82, 2.24) is 10.4 Å². The van der Waals surface area contributed by atoms with Gasteiger partial charge in [0.05, 0.1) is 16.8 Å². The Morgan fingerprint density at radius 1 is 1.07 bits per heavy atom. The van der Waals surface area contributed by atoms with Crippen molar-refractivity contribution in [1.29, 1.82) is 0 Å². The third-order valence-corrected chi connectivity index (χ3v) is 5.95. The van der Waals surface area contributed by atoms with Crippen molar-refractivity contribution in [2.24, 2.45) is 5.10 Å². The minimum Gasteiger partial charge on any atom is -0.284 e. The molecule has 2 aromatic carbocycles. The molecule has 1 atom stereocenters. The highest BCUT2D eigenvalue weighted by Gasteiger charge is 2.34. The zero-order chi connectivity index (χ0) is 20.4. The maximum Gasteiger partial charge on any atom is 0.281 e. The van der Waals surface area contributed by atoms with Gasteiger partial charge >= 0.3 is 0 Å². The number of carbonyl (C=O) groups excluding carboxylic acids is 1. The highest BCUT2D eigenvalue weighted by Crippen LogP contribution is 2.39. The van der Waals surface area contributed by atoms with Crippen molar-refractivity contribution in [2.45, 2.75) is 38.6 Å². The van der Waals surface area contributed by atoms with Crippen molar-refractivity contribution in [3.8, 4) is 0 Å². The zero-order valence-corrected chi connectivity index (χ0v) is 17.9. The fourth-order valence-corrected chi connectivity index (χ4v) is 4.27. The number of hydrazone groups is 1. The van der Waals surface area contributed by atoms with Crippen LogP contribution in [0.25, 0.3) is 0 Å². The summed E-state index contributed by atoms with van der Waals surface area (Å²) in [5, 5.41) is 9.83. The first-order valence-corrected chi connectivity index (χ1v) is 10.7. The van der Waals surface area contributed by atoms with E-state index < -0.39 is 0 Å². The number of halogens is 2. The molecule has 4 rings (SSSR count). The summed E-state index contributed by atoms with van der Waals surface area (Å²) in [6.45, 7) is 3.76. The summed E-state index contributed by atoms with van der Waals surface area (Å²) in [4.78, 5) is 12.9. The molecule has 29 heavy (non-hydrogen) atoms. The van der Waals surface area contributed by atoms with Gasteiger partial charge in [-0.25, -0.2) is 5.01 Å². The van der Waals surface area contributed by atoms with Crippen LogP contribution in [0.5, 0.6) is 0 Å². The van der Waals surface area contributed by atoms with Crippen LogP contribution in [0.1, 0.15) is 42.9 Å². The van der Waals surface area contributed by atoms with Crippen molar-refractivity contribution in [2.75, 3.05) is 18.1 Å². The van der Waals surface area contributed by atoms with Crippen LogP contribution in [-0.2, 0) is 4.79 Å². The summed E-state index contributed by atoms with van der Waals surface area (Å²) in [6, 6.07) is 13.4. The molecule has 2 heterocycles. The lowest BCUT2D eigenvalue weighted by Crippen LogP contribution is -2.47. The Morgan fingerprint density at radius 3 is 2.48 bits per heavy atom. The number of hydrogen-bond acceptors (Lipinski definition) is 4. The molecule has 152 valence electrons. The molecule has 0 spiro atoms. The number of anilines is 1. The lowest BCUT2D eigenvalue weighted by Gasteiger charge is -2.26. The average Bonchev–Trinajstić information content (AvgIpc) is 3.14. The van der Waals surface area contributed by atoms with E-state index in [1.807, 2.05) is 59.4 Å². The quantitative estimate of drug-likeness (QED) is 0.731. The van der Waals surface area contributed by atoms with Crippen LogP contribution in [0.3, 0.4) is 0 Å². The van der Waals surface area contributed by atoms with E-state index in [0.29, 0.717) is 22.2 Å². The van der Waals surface area contributed by atoms with Crippen molar-refractivity contribution in [3.05, 3.63) is 63.6 Å². The van der Waals surface area contributed by atoms with Crippen LogP contribution in [0, 0.1) is 6.92 Å². The van der Waals surface area contributed by atoms with Gasteiger partial charge in [-0.3, -0.25) is 15.2 Å². The molecule has 0 radical (unpaired) electrons. The minimum absolute atomic E-state index is 0.116. The number of carbonyl (C=O) groups is 1. The Labute approximate surface area is 181 Å². The molecule has 1 amide bonds. The maximum atomic E-state index is 12.9. The summed E-state index contributed by atoms with van der Waals surface area (Å²) >= 11 is 12.6. The summed E-state index contributed by atoms with van der Waals surface area (Å²) in [5.41, 5.74) is 6.43. The number of piperidine rings is 1. The smallest absolute Gasteiger partial charge is 0.281 e. The molecule has 1 N–H and O–H groups in total. The molecular formula is C22H24Cl2N4O.